The second kappa shape index (κ2) is 6.53. The third-order valence-electron chi connectivity index (χ3n) is 5.18. The van der Waals surface area contributed by atoms with Gasteiger partial charge in [-0.2, -0.15) is 4.98 Å². The molecule has 0 aliphatic carbocycles. The molecule has 0 spiro atoms. The molecule has 3 atom stereocenters. The summed E-state index contributed by atoms with van der Waals surface area (Å²) in [6, 6.07) is 5.47. The topological polar surface area (TPSA) is 77.2 Å². The van der Waals surface area contributed by atoms with Crippen LogP contribution in [0.5, 0.6) is 0 Å². The van der Waals surface area contributed by atoms with Crippen molar-refractivity contribution < 1.29 is 8.97 Å². The number of hydrogen-bond acceptors (Lipinski definition) is 7. The summed E-state index contributed by atoms with van der Waals surface area (Å²) >= 11 is 0.464. The van der Waals surface area contributed by atoms with Crippen LogP contribution in [0, 0.1) is 0 Å². The number of nitrogens with zero attached hydrogens (tertiary/aromatic N) is 3. The number of piperidine rings is 1. The monoisotopic (exact) mass is 388 g/mol. The maximum Gasteiger partial charge on any atom is 0.298 e. The summed E-state index contributed by atoms with van der Waals surface area (Å²) < 4.78 is 18.3. The van der Waals surface area contributed by atoms with Crippen molar-refractivity contribution in [2.75, 3.05) is 24.2 Å². The molecule has 0 radical (unpaired) electrons. The molecule has 2 bridgehead atoms. The Morgan fingerprint density at radius 1 is 1.31 bits per heavy atom. The first-order valence-electron chi connectivity index (χ1n) is 8.86. The van der Waals surface area contributed by atoms with Crippen LogP contribution in [0.3, 0.4) is 0 Å². The molecule has 2 aliphatic heterocycles. The molecule has 2 saturated heterocycles. The van der Waals surface area contributed by atoms with Crippen molar-refractivity contribution in [1.82, 2.24) is 15.3 Å². The number of aromatic nitrogens is 2. The number of fused-ring (bicyclic) bond motifs is 3. The first kappa shape index (κ1) is 16.6. The summed E-state index contributed by atoms with van der Waals surface area (Å²) in [5, 5.41) is 6.48. The van der Waals surface area contributed by atoms with E-state index in [9.17, 15) is 4.55 Å². The van der Waals surface area contributed by atoms with Crippen LogP contribution >= 0.6 is 11.3 Å². The molecule has 5 rings (SSSR count). The highest BCUT2D eigenvalue weighted by atomic mass is 32.2. The van der Waals surface area contributed by atoms with E-state index in [1.165, 1.54) is 19.3 Å². The van der Waals surface area contributed by atoms with Crippen LogP contribution in [0.2, 0.25) is 0 Å². The van der Waals surface area contributed by atoms with Gasteiger partial charge in [0.05, 0.1) is 5.56 Å². The first-order chi connectivity index (χ1) is 12.7. The largest absolute Gasteiger partial charge is 0.612 e. The van der Waals surface area contributed by atoms with E-state index in [1.807, 2.05) is 17.5 Å². The molecule has 4 heterocycles. The summed E-state index contributed by atoms with van der Waals surface area (Å²) in [7, 11) is 0. The fourth-order valence-electron chi connectivity index (χ4n) is 3.97. The summed E-state index contributed by atoms with van der Waals surface area (Å²) in [6.45, 7) is 1.84. The van der Waals surface area contributed by atoms with E-state index < -0.39 is 11.2 Å². The van der Waals surface area contributed by atoms with E-state index in [0.717, 1.165) is 39.7 Å². The van der Waals surface area contributed by atoms with Crippen molar-refractivity contribution in [2.45, 2.75) is 36.2 Å². The average Bonchev–Trinajstić information content (AvgIpc) is 3.30. The van der Waals surface area contributed by atoms with E-state index in [4.69, 9.17) is 9.40 Å². The van der Waals surface area contributed by atoms with Crippen LogP contribution in [-0.2, 0) is 11.2 Å². The summed E-state index contributed by atoms with van der Waals surface area (Å²) in [5.41, 5.74) is 2.35. The Kier molecular flexibility index (Phi) is 4.16. The number of nitrogens with one attached hydrogen (secondary N) is 1. The van der Waals surface area contributed by atoms with Gasteiger partial charge in [0.15, 0.2) is 10.5 Å². The van der Waals surface area contributed by atoms with Gasteiger partial charge in [-0.25, -0.2) is 4.98 Å². The van der Waals surface area contributed by atoms with Gasteiger partial charge in [0.1, 0.15) is 16.8 Å². The minimum atomic E-state index is -1.08. The van der Waals surface area contributed by atoms with Crippen molar-refractivity contribution >= 4 is 39.6 Å². The van der Waals surface area contributed by atoms with Gasteiger partial charge in [-0.15, -0.1) is 11.3 Å². The highest BCUT2D eigenvalue weighted by Gasteiger charge is 2.32. The Hall–Kier alpha value is -1.61. The lowest BCUT2D eigenvalue weighted by molar-refractivity contribution is 0.276. The normalized spacial score (nSPS) is 24.2. The molecule has 8 heteroatoms. The Morgan fingerprint density at radius 2 is 2.12 bits per heavy atom. The molecular weight excluding hydrogens is 368 g/mol. The van der Waals surface area contributed by atoms with Crippen LogP contribution in [0.15, 0.2) is 33.0 Å². The lowest BCUT2D eigenvalue weighted by Gasteiger charge is -2.41. The molecule has 2 aromatic heterocycles. The van der Waals surface area contributed by atoms with E-state index in [-0.39, 0.29) is 0 Å². The number of thiazole rings is 1. The van der Waals surface area contributed by atoms with Gasteiger partial charge in [-0.3, -0.25) is 0 Å². The third kappa shape index (κ3) is 2.90. The maximum absolute atomic E-state index is 12.1. The van der Waals surface area contributed by atoms with Gasteiger partial charge < -0.3 is 19.2 Å². The van der Waals surface area contributed by atoms with E-state index >= 15 is 0 Å². The van der Waals surface area contributed by atoms with Crippen LogP contribution < -0.4 is 10.2 Å². The second-order valence-electron chi connectivity index (χ2n) is 7.00. The SMILES string of the molecule is C[S+]([O-])c1cc(-c2nccs2)c2oc(N3CC4CCCC(C3)N4)nc2c1. The summed E-state index contributed by atoms with van der Waals surface area (Å²) in [4.78, 5) is 12.2. The Bertz CT molecular complexity index is 913. The van der Waals surface area contributed by atoms with Crippen LogP contribution in [-0.4, -0.2) is 45.9 Å². The van der Waals surface area contributed by atoms with Crippen molar-refractivity contribution in [2.24, 2.45) is 0 Å². The number of oxazole rings is 1. The fourth-order valence-corrected chi connectivity index (χ4v) is 5.19. The summed E-state index contributed by atoms with van der Waals surface area (Å²) in [6.07, 6.45) is 7.16. The van der Waals surface area contributed by atoms with Gasteiger partial charge >= 0.3 is 0 Å². The highest BCUT2D eigenvalue weighted by molar-refractivity contribution is 7.90. The zero-order valence-electron chi connectivity index (χ0n) is 14.5. The van der Waals surface area contributed by atoms with E-state index in [2.05, 4.69) is 15.2 Å². The maximum atomic E-state index is 12.1. The zero-order chi connectivity index (χ0) is 17.7. The Balaban J connectivity index is 1.59. The molecule has 0 amide bonds. The molecule has 2 fully saturated rings. The minimum absolute atomic E-state index is 0.509. The lowest BCUT2D eigenvalue weighted by Crippen LogP contribution is -2.58. The van der Waals surface area contributed by atoms with Crippen LogP contribution in [0.1, 0.15) is 19.3 Å². The molecular formula is C18H20N4O2S2. The number of hydrogen-bond donors (Lipinski definition) is 1. The van der Waals surface area contributed by atoms with Gasteiger partial charge in [-0.1, -0.05) is 6.42 Å². The molecule has 3 aromatic rings. The van der Waals surface area contributed by atoms with Gasteiger partial charge in [0.25, 0.3) is 6.01 Å². The molecule has 1 N–H and O–H groups in total. The predicted octanol–water partition coefficient (Wildman–Crippen LogP) is 3.02. The zero-order valence-corrected chi connectivity index (χ0v) is 16.1. The van der Waals surface area contributed by atoms with Crippen molar-refractivity contribution in [3.63, 3.8) is 0 Å². The predicted molar refractivity (Wildman–Crippen MR) is 104 cm³/mol. The van der Waals surface area contributed by atoms with E-state index in [1.54, 1.807) is 23.8 Å². The molecule has 1 aromatic carbocycles. The van der Waals surface area contributed by atoms with Crippen molar-refractivity contribution in [3.8, 4) is 10.6 Å². The number of rotatable bonds is 3. The number of anilines is 1. The van der Waals surface area contributed by atoms with Crippen molar-refractivity contribution in [1.29, 1.82) is 0 Å². The number of piperazine rings is 1. The lowest BCUT2D eigenvalue weighted by atomic mass is 9.94. The molecule has 26 heavy (non-hydrogen) atoms. The standard InChI is InChI=1S/C18H20N4O2S2/c1-26(23)13-7-14(17-19-5-6-25-17)16-15(8-13)21-18(24-16)22-9-11-3-2-4-12(10-22)20-11/h5-8,11-12,20H,2-4,9-10H2,1H3. The smallest absolute Gasteiger partial charge is 0.298 e. The van der Waals surface area contributed by atoms with Gasteiger partial charge in [-0.05, 0) is 24.0 Å². The van der Waals surface area contributed by atoms with Crippen LogP contribution in [0.4, 0.5) is 6.01 Å². The van der Waals surface area contributed by atoms with Crippen molar-refractivity contribution in [3.05, 3.63) is 23.7 Å². The molecule has 2 aliphatic rings. The summed E-state index contributed by atoms with van der Waals surface area (Å²) in [5.74, 6) is 0. The first-order valence-corrected chi connectivity index (χ1v) is 11.3. The van der Waals surface area contributed by atoms with Gasteiger partial charge in [0, 0.05) is 48.9 Å². The fraction of sp³-hybridized carbons (Fsp3) is 0.444. The minimum Gasteiger partial charge on any atom is -0.612 e. The van der Waals surface area contributed by atoms with E-state index in [0.29, 0.717) is 18.1 Å². The number of benzene rings is 1. The molecule has 6 nitrogen and oxygen atoms in total. The average molecular weight is 389 g/mol. The molecule has 0 saturated carbocycles. The second-order valence-corrected chi connectivity index (χ2v) is 9.28. The third-order valence-corrected chi connectivity index (χ3v) is 6.88. The molecule has 3 unspecified atom stereocenters. The molecule has 136 valence electrons. The quantitative estimate of drug-likeness (QED) is 0.695. The highest BCUT2D eigenvalue weighted by Crippen LogP contribution is 2.36. The Labute approximate surface area is 158 Å². The Morgan fingerprint density at radius 3 is 2.81 bits per heavy atom. The van der Waals surface area contributed by atoms with Crippen LogP contribution in [0.25, 0.3) is 21.7 Å². The van der Waals surface area contributed by atoms with Gasteiger partial charge in [0.2, 0.25) is 0 Å².